The lowest BCUT2D eigenvalue weighted by atomic mass is 10.3. The number of nitrogens with zero attached hydrogens (tertiary/aromatic N) is 2. The Bertz CT molecular complexity index is 948. The fraction of sp³-hybridized carbons (Fsp3) is 0.368. The van der Waals surface area contributed by atoms with E-state index in [-0.39, 0.29) is 41.9 Å². The zero-order chi connectivity index (χ0) is 21.1. The number of carbonyl (C=O) groups excluding carboxylic acids is 3. The molecule has 162 valence electrons. The Labute approximate surface area is 180 Å². The number of anilines is 2. The molecule has 1 aliphatic carbocycles. The number of hydrogen-bond acceptors (Lipinski definition) is 4. The molecule has 0 unspecified atom stereocenters. The molecule has 1 fully saturated rings. The maximum Gasteiger partial charge on any atom is 0.274 e. The summed E-state index contributed by atoms with van der Waals surface area (Å²) in [5.41, 5.74) is 7.05. The number of H-pyrrole nitrogens is 2. The molecule has 0 radical (unpaired) electrons. The highest BCUT2D eigenvalue weighted by atomic mass is 35.5. The van der Waals surface area contributed by atoms with Crippen molar-refractivity contribution in [2.75, 3.05) is 30.9 Å². The minimum absolute atomic E-state index is 0. The third-order valence-electron chi connectivity index (χ3n) is 4.78. The predicted molar refractivity (Wildman–Crippen MR) is 116 cm³/mol. The Morgan fingerprint density at radius 2 is 1.77 bits per heavy atom. The summed E-state index contributed by atoms with van der Waals surface area (Å²) < 4.78 is 0. The number of nitrogens with two attached hydrogens (primary N) is 1. The van der Waals surface area contributed by atoms with Crippen molar-refractivity contribution in [2.45, 2.75) is 19.3 Å². The highest BCUT2D eigenvalue weighted by Gasteiger charge is 2.30. The van der Waals surface area contributed by atoms with Crippen molar-refractivity contribution in [1.82, 2.24) is 14.9 Å². The number of nitrogens with one attached hydrogen (secondary N) is 4. The van der Waals surface area contributed by atoms with Crippen LogP contribution in [0.2, 0.25) is 0 Å². The van der Waals surface area contributed by atoms with Crippen LogP contribution < -0.4 is 16.0 Å². The number of aromatic nitrogens is 2. The molecular formula is C19H26ClN7O3. The Kier molecular flexibility index (Phi) is 7.28. The minimum Gasteiger partial charge on any atom is -0.388 e. The molecule has 2 heterocycles. The molecule has 0 aliphatic heterocycles. The van der Waals surface area contributed by atoms with E-state index in [2.05, 4.69) is 15.3 Å². The van der Waals surface area contributed by atoms with Gasteiger partial charge in [0, 0.05) is 45.4 Å². The zero-order valence-electron chi connectivity index (χ0n) is 16.8. The second-order valence-electron chi connectivity index (χ2n) is 7.20. The first-order chi connectivity index (χ1) is 13.8. The molecule has 0 atom stereocenters. The summed E-state index contributed by atoms with van der Waals surface area (Å²) in [5.74, 6) is -0.501. The fourth-order valence-electron chi connectivity index (χ4n) is 2.77. The average molecular weight is 436 g/mol. The van der Waals surface area contributed by atoms with E-state index in [4.69, 9.17) is 11.1 Å². The van der Waals surface area contributed by atoms with Gasteiger partial charge in [-0.05, 0) is 25.0 Å². The summed E-state index contributed by atoms with van der Waals surface area (Å²) in [7, 11) is 3.22. The van der Waals surface area contributed by atoms with Crippen molar-refractivity contribution in [1.29, 1.82) is 5.41 Å². The molecule has 6 N–H and O–H groups in total. The van der Waals surface area contributed by atoms with Crippen molar-refractivity contribution in [3.63, 3.8) is 0 Å². The topological polar surface area (TPSA) is 151 Å². The van der Waals surface area contributed by atoms with E-state index < -0.39 is 0 Å². The van der Waals surface area contributed by atoms with Gasteiger partial charge in [0.25, 0.3) is 11.8 Å². The van der Waals surface area contributed by atoms with E-state index in [9.17, 15) is 14.4 Å². The van der Waals surface area contributed by atoms with Crippen molar-refractivity contribution in [3.8, 4) is 0 Å². The number of aromatic amines is 2. The summed E-state index contributed by atoms with van der Waals surface area (Å²) >= 11 is 0. The summed E-state index contributed by atoms with van der Waals surface area (Å²) in [4.78, 5) is 45.6. The van der Waals surface area contributed by atoms with Crippen molar-refractivity contribution < 1.29 is 14.4 Å². The van der Waals surface area contributed by atoms with Crippen LogP contribution in [0.3, 0.4) is 0 Å². The van der Waals surface area contributed by atoms with E-state index in [1.54, 1.807) is 38.6 Å². The molecule has 0 aromatic carbocycles. The van der Waals surface area contributed by atoms with Gasteiger partial charge in [-0.25, -0.2) is 0 Å². The molecule has 11 heteroatoms. The first kappa shape index (κ1) is 23.0. The van der Waals surface area contributed by atoms with Gasteiger partial charge in [0.15, 0.2) is 0 Å². The van der Waals surface area contributed by atoms with Gasteiger partial charge in [-0.15, -0.1) is 12.4 Å². The third-order valence-corrected chi connectivity index (χ3v) is 4.78. The number of amidine groups is 1. The number of carbonyl (C=O) groups is 3. The largest absolute Gasteiger partial charge is 0.388 e. The maximum absolute atomic E-state index is 12.7. The Hall–Kier alpha value is -3.27. The average Bonchev–Trinajstić information content (AvgIpc) is 3.25. The van der Waals surface area contributed by atoms with Gasteiger partial charge < -0.3 is 30.8 Å². The lowest BCUT2D eigenvalue weighted by molar-refractivity contribution is -0.117. The van der Waals surface area contributed by atoms with Crippen LogP contribution >= 0.6 is 12.4 Å². The van der Waals surface area contributed by atoms with Crippen LogP contribution in [0.25, 0.3) is 0 Å². The van der Waals surface area contributed by atoms with Gasteiger partial charge in [-0.3, -0.25) is 19.8 Å². The van der Waals surface area contributed by atoms with E-state index in [0.717, 1.165) is 12.8 Å². The molecular weight excluding hydrogens is 410 g/mol. The molecule has 30 heavy (non-hydrogen) atoms. The second-order valence-corrected chi connectivity index (χ2v) is 7.20. The Morgan fingerprint density at radius 1 is 1.13 bits per heavy atom. The van der Waals surface area contributed by atoms with Crippen LogP contribution in [0.5, 0.6) is 0 Å². The first-order valence-corrected chi connectivity index (χ1v) is 9.30. The Balaban J connectivity index is 0.00000320. The molecule has 0 saturated heterocycles. The van der Waals surface area contributed by atoms with Crippen LogP contribution in [0.1, 0.15) is 40.2 Å². The molecule has 3 rings (SSSR count). The maximum atomic E-state index is 12.7. The first-order valence-electron chi connectivity index (χ1n) is 9.30. The molecule has 0 bridgehead atoms. The highest BCUT2D eigenvalue weighted by molar-refractivity contribution is 6.06. The van der Waals surface area contributed by atoms with Crippen LogP contribution in [0.15, 0.2) is 24.5 Å². The van der Waals surface area contributed by atoms with Gasteiger partial charge in [-0.2, -0.15) is 0 Å². The van der Waals surface area contributed by atoms with Gasteiger partial charge in [-0.1, -0.05) is 0 Å². The summed E-state index contributed by atoms with van der Waals surface area (Å²) in [6.07, 6.45) is 5.26. The molecule has 2 aromatic rings. The fourth-order valence-corrected chi connectivity index (χ4v) is 2.77. The normalized spacial score (nSPS) is 12.6. The predicted octanol–water partition coefficient (Wildman–Crippen LogP) is 1.79. The lowest BCUT2D eigenvalue weighted by Crippen LogP contribution is -2.30. The van der Waals surface area contributed by atoms with E-state index in [0.29, 0.717) is 35.7 Å². The summed E-state index contributed by atoms with van der Waals surface area (Å²) in [6.45, 7) is 0.328. The van der Waals surface area contributed by atoms with Crippen LogP contribution in [0.4, 0.5) is 11.4 Å². The van der Waals surface area contributed by atoms with Gasteiger partial charge >= 0.3 is 0 Å². The summed E-state index contributed by atoms with van der Waals surface area (Å²) in [5, 5.41) is 10.0. The van der Waals surface area contributed by atoms with Crippen molar-refractivity contribution in [2.24, 2.45) is 11.7 Å². The smallest absolute Gasteiger partial charge is 0.274 e. The minimum atomic E-state index is -0.306. The van der Waals surface area contributed by atoms with Gasteiger partial charge in [0.2, 0.25) is 5.91 Å². The van der Waals surface area contributed by atoms with Crippen LogP contribution in [-0.4, -0.2) is 59.1 Å². The van der Waals surface area contributed by atoms with Crippen molar-refractivity contribution >= 4 is 47.3 Å². The quantitative estimate of drug-likeness (QED) is 0.317. The zero-order valence-corrected chi connectivity index (χ0v) is 17.6. The van der Waals surface area contributed by atoms with Crippen LogP contribution in [0, 0.1) is 11.3 Å². The number of halogens is 1. The lowest BCUT2D eigenvalue weighted by Gasteiger charge is -2.16. The molecule has 2 aromatic heterocycles. The second kappa shape index (κ2) is 9.49. The number of rotatable bonds is 8. The van der Waals surface area contributed by atoms with Crippen molar-refractivity contribution in [3.05, 3.63) is 35.9 Å². The van der Waals surface area contributed by atoms with E-state index >= 15 is 0 Å². The molecule has 10 nitrogen and oxygen atoms in total. The van der Waals surface area contributed by atoms with Gasteiger partial charge in [0.05, 0.1) is 17.2 Å². The van der Waals surface area contributed by atoms with Gasteiger partial charge in [0.1, 0.15) is 11.4 Å². The third kappa shape index (κ3) is 5.41. The molecule has 0 spiro atoms. The van der Waals surface area contributed by atoms with Crippen LogP contribution in [-0.2, 0) is 4.79 Å². The standard InChI is InChI=1S/C19H25N7O3.ClH/c1-25(6-5-16(20)21)18(28)15-8-13(10-23-15)26(2)19(29)14-7-12(9-22-14)24-17(27)11-3-4-11;/h7-11,22-23H,3-6H2,1-2H3,(H3,20,21)(H,24,27);1H. The molecule has 3 amide bonds. The Morgan fingerprint density at radius 3 is 2.40 bits per heavy atom. The summed E-state index contributed by atoms with van der Waals surface area (Å²) in [6, 6.07) is 3.18. The van der Waals surface area contributed by atoms with E-state index in [1.165, 1.54) is 9.80 Å². The molecule has 1 aliphatic rings. The monoisotopic (exact) mass is 435 g/mol. The number of hydrogen-bond donors (Lipinski definition) is 5. The highest BCUT2D eigenvalue weighted by Crippen LogP contribution is 2.30. The molecule has 1 saturated carbocycles. The van der Waals surface area contributed by atoms with E-state index in [1.807, 2.05) is 0 Å². The SMILES string of the molecule is CN(CCC(=N)N)C(=O)c1cc(N(C)C(=O)c2cc(NC(=O)C3CC3)c[nH]2)c[nH]1.Cl. The number of amides is 3.